The molecule has 0 N–H and O–H groups in total. The monoisotopic (exact) mass is 691 g/mol. The molecule has 6 rings (SSSR count). The van der Waals surface area contributed by atoms with Gasteiger partial charge in [0.25, 0.3) is 0 Å². The Hall–Kier alpha value is -5.56. The van der Waals surface area contributed by atoms with Gasteiger partial charge in [0.15, 0.2) is 24.0 Å². The minimum atomic E-state index is 0.0985. The number of nitriles is 1. The normalized spacial score (nSPS) is 10.6. The maximum atomic E-state index is 11.8. The number of aldehydes is 2. The summed E-state index contributed by atoms with van der Waals surface area (Å²) in [7, 11) is 0. The van der Waals surface area contributed by atoms with Gasteiger partial charge in [0, 0.05) is 41.3 Å². The number of aromatic nitrogens is 4. The number of halogens is 2. The smallest absolute Gasteiger partial charge is 0.182 e. The molecule has 0 saturated heterocycles. The summed E-state index contributed by atoms with van der Waals surface area (Å²) in [5.74, 6) is 1.14. The summed E-state index contributed by atoms with van der Waals surface area (Å²) >= 11 is 12.9. The van der Waals surface area contributed by atoms with Gasteiger partial charge in [-0.15, -0.1) is 5.10 Å². The Bertz CT molecular complexity index is 2230. The van der Waals surface area contributed by atoms with Gasteiger partial charge in [0.05, 0.1) is 21.2 Å². The maximum absolute atomic E-state index is 11.8. The number of carbonyl (C=O) groups excluding carboxylic acids is 2. The molecular weight excluding hydrogens is 661 g/mol. The second-order valence-corrected chi connectivity index (χ2v) is 11.5. The molecule has 11 heteroatoms. The van der Waals surface area contributed by atoms with Crippen molar-refractivity contribution in [3.05, 3.63) is 128 Å². The number of rotatable bonds is 10. The minimum Gasteiger partial charge on any atom is -0.488 e. The van der Waals surface area contributed by atoms with E-state index in [1.165, 1.54) is 16.8 Å². The lowest BCUT2D eigenvalue weighted by molar-refractivity contribution is 0.111. The van der Waals surface area contributed by atoms with Gasteiger partial charge in [-0.1, -0.05) is 73.4 Å². The Morgan fingerprint density at radius 1 is 0.837 bits per heavy atom. The first-order valence-electron chi connectivity index (χ1n) is 15.4. The van der Waals surface area contributed by atoms with Gasteiger partial charge in [-0.3, -0.25) is 14.6 Å². The number of nitrogens with zero attached hydrogens (tertiary/aromatic N) is 5. The summed E-state index contributed by atoms with van der Waals surface area (Å²) < 4.78 is 13.6. The van der Waals surface area contributed by atoms with Crippen LogP contribution in [-0.4, -0.2) is 32.2 Å². The summed E-state index contributed by atoms with van der Waals surface area (Å²) in [6, 6.07) is 20.3. The molecule has 0 aliphatic heterocycles. The predicted molar refractivity (Wildman–Crippen MR) is 190 cm³/mol. The molecule has 0 unspecified atom stereocenters. The Morgan fingerprint density at radius 3 is 2.29 bits per heavy atom. The number of carbonyl (C=O) groups is 2. The van der Waals surface area contributed by atoms with E-state index < -0.39 is 0 Å². The Balaban J connectivity index is 0.00000230. The topological polar surface area (TPSA) is 119 Å². The van der Waals surface area contributed by atoms with E-state index in [9.17, 15) is 9.59 Å². The van der Waals surface area contributed by atoms with Crippen LogP contribution in [0.2, 0.25) is 10.0 Å². The Morgan fingerprint density at radius 2 is 1.55 bits per heavy atom. The third-order valence-electron chi connectivity index (χ3n) is 7.75. The molecule has 0 spiro atoms. The zero-order chi connectivity index (χ0) is 35.1. The Kier molecular flexibility index (Phi) is 11.0. The van der Waals surface area contributed by atoms with E-state index in [4.69, 9.17) is 37.9 Å². The van der Waals surface area contributed by atoms with Gasteiger partial charge in [-0.2, -0.15) is 5.26 Å². The van der Waals surface area contributed by atoms with E-state index in [1.54, 1.807) is 30.6 Å². The van der Waals surface area contributed by atoms with Crippen molar-refractivity contribution in [1.29, 1.82) is 5.26 Å². The molecule has 0 bridgehead atoms. The summed E-state index contributed by atoms with van der Waals surface area (Å²) in [6.07, 6.45) is 6.03. The first-order chi connectivity index (χ1) is 23.8. The number of benzene rings is 3. The van der Waals surface area contributed by atoms with Gasteiger partial charge >= 0.3 is 0 Å². The average Bonchev–Trinajstić information content (AvgIpc) is 3.56. The number of hydrogen-bond acceptors (Lipinski definition) is 8. The van der Waals surface area contributed by atoms with E-state index in [1.807, 2.05) is 70.2 Å². The van der Waals surface area contributed by atoms with E-state index in [2.05, 4.69) is 15.1 Å². The second-order valence-electron chi connectivity index (χ2n) is 10.7. The number of fused-ring (bicyclic) bond motifs is 1. The molecule has 0 radical (unpaired) electrons. The van der Waals surface area contributed by atoms with Crippen molar-refractivity contribution in [2.24, 2.45) is 0 Å². The van der Waals surface area contributed by atoms with Crippen LogP contribution in [0.4, 0.5) is 0 Å². The lowest BCUT2D eigenvalue weighted by Crippen LogP contribution is -2.03. The molecule has 3 aromatic carbocycles. The lowest BCUT2D eigenvalue weighted by Gasteiger charge is -2.17. The van der Waals surface area contributed by atoms with Crippen LogP contribution < -0.4 is 9.47 Å². The number of pyridine rings is 2. The zero-order valence-electron chi connectivity index (χ0n) is 27.2. The molecule has 0 amide bonds. The van der Waals surface area contributed by atoms with Crippen molar-refractivity contribution in [1.82, 2.24) is 19.6 Å². The fraction of sp³-hybridized carbons (Fsp3) is 0.158. The third-order valence-corrected chi connectivity index (χ3v) is 8.32. The minimum absolute atomic E-state index is 0.0985. The van der Waals surface area contributed by atoms with Gasteiger partial charge in [0.1, 0.15) is 30.8 Å². The number of ether oxygens (including phenoxy) is 2. The van der Waals surface area contributed by atoms with Crippen molar-refractivity contribution in [3.63, 3.8) is 0 Å². The van der Waals surface area contributed by atoms with E-state index >= 15 is 0 Å². The highest BCUT2D eigenvalue weighted by Gasteiger charge is 2.17. The Labute approximate surface area is 293 Å². The molecule has 0 aliphatic carbocycles. The first-order valence-corrected chi connectivity index (χ1v) is 16.1. The molecule has 0 saturated carbocycles. The SMILES string of the molecule is CC.Cc1c(COc2cc(OCc3cncc(C#N)c3)c(C=O)cc2Cl)cccc1-c1cccc(-c2nc3c(Cl)cc(C=O)cn3n2)c1C. The molecule has 6 aromatic rings. The quantitative estimate of drug-likeness (QED) is 0.131. The molecule has 0 aliphatic rings. The fourth-order valence-corrected chi connectivity index (χ4v) is 5.75. The molecule has 246 valence electrons. The van der Waals surface area contributed by atoms with E-state index in [-0.39, 0.29) is 23.8 Å². The lowest BCUT2D eigenvalue weighted by atomic mass is 9.91. The van der Waals surface area contributed by atoms with Crippen LogP contribution in [0, 0.1) is 25.2 Å². The highest BCUT2D eigenvalue weighted by molar-refractivity contribution is 6.33. The summed E-state index contributed by atoms with van der Waals surface area (Å²) in [5.41, 5.74) is 7.99. The van der Waals surface area contributed by atoms with Crippen molar-refractivity contribution in [2.45, 2.75) is 40.9 Å². The first kappa shape index (κ1) is 34.8. The van der Waals surface area contributed by atoms with Crippen LogP contribution in [-0.2, 0) is 13.2 Å². The number of hydrogen-bond donors (Lipinski definition) is 0. The molecule has 3 aromatic heterocycles. The summed E-state index contributed by atoms with van der Waals surface area (Å²) in [4.78, 5) is 31.8. The standard InChI is InChI=1S/C36H25Cl2N5O4.C2H6/c1-21-26(20-47-34-12-33(27(18-45)11-31(34)37)46-19-24-9-23(13-39)14-40-15-24)5-3-6-28(21)29-7-4-8-30(22(29)2)35-41-36-32(38)10-25(17-44)16-43(36)42-35;1-2/h3-12,14-18H,19-20H2,1-2H3;1-2H3. The molecule has 49 heavy (non-hydrogen) atoms. The molecule has 0 fully saturated rings. The molecule has 3 heterocycles. The van der Waals surface area contributed by atoms with Gasteiger partial charge in [-0.25, -0.2) is 9.50 Å². The van der Waals surface area contributed by atoms with E-state index in [0.717, 1.165) is 39.7 Å². The van der Waals surface area contributed by atoms with Crippen LogP contribution in [0.5, 0.6) is 11.5 Å². The van der Waals surface area contributed by atoms with Crippen molar-refractivity contribution < 1.29 is 19.1 Å². The molecule has 9 nitrogen and oxygen atoms in total. The summed E-state index contributed by atoms with van der Waals surface area (Å²) in [6.45, 7) is 8.35. The van der Waals surface area contributed by atoms with Crippen LogP contribution in [0.1, 0.15) is 62.4 Å². The largest absolute Gasteiger partial charge is 0.488 e. The van der Waals surface area contributed by atoms with Gasteiger partial charge in [-0.05, 0) is 59.9 Å². The van der Waals surface area contributed by atoms with Crippen LogP contribution >= 0.6 is 23.2 Å². The van der Waals surface area contributed by atoms with Crippen LogP contribution in [0.25, 0.3) is 28.2 Å². The third kappa shape index (κ3) is 7.46. The van der Waals surface area contributed by atoms with Crippen molar-refractivity contribution >= 4 is 41.4 Å². The highest BCUT2D eigenvalue weighted by Crippen LogP contribution is 2.36. The van der Waals surface area contributed by atoms with Gasteiger partial charge < -0.3 is 9.47 Å². The second kappa shape index (κ2) is 15.6. The van der Waals surface area contributed by atoms with Crippen molar-refractivity contribution in [3.8, 4) is 40.1 Å². The summed E-state index contributed by atoms with van der Waals surface area (Å²) in [5, 5.41) is 14.4. The van der Waals surface area contributed by atoms with Crippen LogP contribution in [0.3, 0.4) is 0 Å². The average molecular weight is 693 g/mol. The zero-order valence-corrected chi connectivity index (χ0v) is 28.7. The van der Waals surface area contributed by atoms with Gasteiger partial charge in [0.2, 0.25) is 0 Å². The maximum Gasteiger partial charge on any atom is 0.182 e. The van der Waals surface area contributed by atoms with E-state index in [0.29, 0.717) is 51.0 Å². The highest BCUT2D eigenvalue weighted by atomic mass is 35.5. The van der Waals surface area contributed by atoms with Crippen LogP contribution in [0.15, 0.2) is 79.3 Å². The van der Waals surface area contributed by atoms with Crippen molar-refractivity contribution in [2.75, 3.05) is 0 Å². The molecule has 0 atom stereocenters. The molecular formula is C38H31Cl2N5O4. The fourth-order valence-electron chi connectivity index (χ4n) is 5.27. The predicted octanol–water partition coefficient (Wildman–Crippen LogP) is 9.06.